The third kappa shape index (κ3) is 3.83. The Bertz CT molecular complexity index is 1300. The number of thiol groups is 1. The Morgan fingerprint density at radius 2 is 1.62 bits per heavy atom. The molecule has 4 rings (SSSR count). The van der Waals surface area contributed by atoms with E-state index in [0.717, 1.165) is 16.0 Å². The highest BCUT2D eigenvalue weighted by molar-refractivity contribution is 7.80. The molecule has 0 radical (unpaired) electrons. The summed E-state index contributed by atoms with van der Waals surface area (Å²) < 4.78 is 5.18. The van der Waals surface area contributed by atoms with Gasteiger partial charge in [-0.25, -0.2) is 9.69 Å². The van der Waals surface area contributed by atoms with Crippen LogP contribution in [0.1, 0.15) is 52.6 Å². The molecule has 3 aromatic carbocycles. The van der Waals surface area contributed by atoms with Gasteiger partial charge in [0.25, 0.3) is 11.8 Å². The fraction of sp³-hybridized carbons (Fsp3) is 0.120. The summed E-state index contributed by atoms with van der Waals surface area (Å²) in [5, 5.41) is 0. The topological polar surface area (TPSA) is 80.8 Å². The van der Waals surface area contributed by atoms with Crippen molar-refractivity contribution in [2.45, 2.75) is 18.7 Å². The van der Waals surface area contributed by atoms with E-state index in [1.165, 1.54) is 18.2 Å². The summed E-state index contributed by atoms with van der Waals surface area (Å²) in [5.74, 6) is -2.10. The first-order chi connectivity index (χ1) is 15.3. The molecule has 0 spiro atoms. The summed E-state index contributed by atoms with van der Waals surface area (Å²) in [4.78, 5) is 52.2. The van der Waals surface area contributed by atoms with Crippen molar-refractivity contribution in [3.63, 3.8) is 0 Å². The van der Waals surface area contributed by atoms with Crippen LogP contribution in [0.25, 0.3) is 0 Å². The number of aryl methyl sites for hydroxylation is 2. The first-order valence-corrected chi connectivity index (χ1v) is 10.3. The molecule has 0 unspecified atom stereocenters. The van der Waals surface area contributed by atoms with Crippen molar-refractivity contribution in [3.05, 3.63) is 94.0 Å². The van der Waals surface area contributed by atoms with Crippen molar-refractivity contribution in [3.8, 4) is 0 Å². The summed E-state index contributed by atoms with van der Waals surface area (Å²) >= 11 is 4.32. The number of Topliss-reactive ketones (excluding diaryl/α,β-unsaturated/α-hetero) is 1. The molecule has 3 aromatic rings. The Hall–Kier alpha value is -3.71. The molecule has 160 valence electrons. The van der Waals surface area contributed by atoms with Gasteiger partial charge in [0.05, 0.1) is 22.4 Å². The van der Waals surface area contributed by atoms with E-state index in [4.69, 9.17) is 4.74 Å². The molecule has 0 aromatic heterocycles. The van der Waals surface area contributed by atoms with Gasteiger partial charge in [0.15, 0.2) is 6.61 Å². The van der Waals surface area contributed by atoms with Crippen LogP contribution in [-0.4, -0.2) is 30.2 Å². The normalized spacial score (nSPS) is 12.7. The maximum absolute atomic E-state index is 12.9. The minimum atomic E-state index is -0.750. The lowest BCUT2D eigenvalue weighted by Crippen LogP contribution is -2.29. The number of imide groups is 1. The molecule has 0 saturated heterocycles. The minimum absolute atomic E-state index is 0.0830. The molecule has 1 aliphatic heterocycles. The molecule has 2 amide bonds. The first kappa shape index (κ1) is 21.5. The minimum Gasteiger partial charge on any atom is -0.454 e. The van der Waals surface area contributed by atoms with Gasteiger partial charge < -0.3 is 4.74 Å². The van der Waals surface area contributed by atoms with Gasteiger partial charge in [-0.1, -0.05) is 29.8 Å². The van der Waals surface area contributed by atoms with E-state index in [1.54, 1.807) is 30.3 Å². The zero-order chi connectivity index (χ0) is 23.0. The van der Waals surface area contributed by atoms with Crippen molar-refractivity contribution in [2.75, 3.05) is 11.5 Å². The lowest BCUT2D eigenvalue weighted by Gasteiger charge is -2.15. The van der Waals surface area contributed by atoms with Crippen LogP contribution in [0.4, 0.5) is 5.69 Å². The predicted octanol–water partition coefficient (Wildman–Crippen LogP) is 4.43. The van der Waals surface area contributed by atoms with Crippen LogP contribution in [0.15, 0.2) is 65.6 Å². The number of anilines is 1. The number of hydrogen-bond acceptors (Lipinski definition) is 6. The van der Waals surface area contributed by atoms with Crippen LogP contribution in [0.2, 0.25) is 0 Å². The lowest BCUT2D eigenvalue weighted by atomic mass is 10.0. The van der Waals surface area contributed by atoms with Gasteiger partial charge in [0, 0.05) is 10.5 Å². The molecule has 0 bridgehead atoms. The highest BCUT2D eigenvalue weighted by Crippen LogP contribution is 2.32. The van der Waals surface area contributed by atoms with E-state index >= 15 is 0 Å². The monoisotopic (exact) mass is 445 g/mol. The van der Waals surface area contributed by atoms with Gasteiger partial charge >= 0.3 is 5.97 Å². The number of benzene rings is 3. The second kappa shape index (κ2) is 8.43. The van der Waals surface area contributed by atoms with E-state index < -0.39 is 24.4 Å². The maximum atomic E-state index is 12.9. The molecule has 0 saturated carbocycles. The number of nitrogens with zero attached hydrogens (tertiary/aromatic N) is 1. The average molecular weight is 445 g/mol. The van der Waals surface area contributed by atoms with Crippen LogP contribution in [0.3, 0.4) is 0 Å². The standard InChI is InChI=1S/C25H19NO5S/c1-14-7-8-15(2)18(11-14)21(27)13-31-25(30)16-9-10-17-19(12-16)24(29)26(23(17)28)20-5-3-4-6-22(20)32/h3-12,32H,13H2,1-2H3. The maximum Gasteiger partial charge on any atom is 0.338 e. The summed E-state index contributed by atoms with van der Waals surface area (Å²) in [6.45, 7) is 3.26. The smallest absolute Gasteiger partial charge is 0.338 e. The number of carbonyl (C=O) groups is 4. The first-order valence-electron chi connectivity index (χ1n) is 9.86. The van der Waals surface area contributed by atoms with Gasteiger partial charge in [-0.15, -0.1) is 12.6 Å². The molecule has 32 heavy (non-hydrogen) atoms. The van der Waals surface area contributed by atoms with Crippen molar-refractivity contribution >= 4 is 41.9 Å². The number of ether oxygens (including phenoxy) is 1. The van der Waals surface area contributed by atoms with Crippen molar-refractivity contribution in [2.24, 2.45) is 0 Å². The Morgan fingerprint density at radius 3 is 2.38 bits per heavy atom. The third-order valence-electron chi connectivity index (χ3n) is 5.27. The molecule has 0 fully saturated rings. The van der Waals surface area contributed by atoms with E-state index in [9.17, 15) is 19.2 Å². The van der Waals surface area contributed by atoms with E-state index in [2.05, 4.69) is 12.6 Å². The van der Waals surface area contributed by atoms with Gasteiger partial charge in [0.1, 0.15) is 0 Å². The Labute approximate surface area is 190 Å². The van der Waals surface area contributed by atoms with Crippen LogP contribution < -0.4 is 4.90 Å². The molecule has 0 aliphatic carbocycles. The predicted molar refractivity (Wildman–Crippen MR) is 122 cm³/mol. The summed E-state index contributed by atoms with van der Waals surface area (Å²) in [6.07, 6.45) is 0. The van der Waals surface area contributed by atoms with Crippen LogP contribution in [0.5, 0.6) is 0 Å². The number of carbonyl (C=O) groups excluding carboxylic acids is 4. The molecular formula is C25H19NO5S. The zero-order valence-corrected chi connectivity index (χ0v) is 18.3. The Morgan fingerprint density at radius 1 is 0.906 bits per heavy atom. The van der Waals surface area contributed by atoms with Gasteiger partial charge in [0.2, 0.25) is 5.78 Å². The molecule has 1 aliphatic rings. The lowest BCUT2D eigenvalue weighted by molar-refractivity contribution is 0.0474. The van der Waals surface area contributed by atoms with Crippen LogP contribution in [-0.2, 0) is 4.74 Å². The van der Waals surface area contributed by atoms with Crippen molar-refractivity contribution in [1.82, 2.24) is 0 Å². The summed E-state index contributed by atoms with van der Waals surface area (Å²) in [7, 11) is 0. The number of ketones is 1. The molecule has 6 nitrogen and oxygen atoms in total. The Kier molecular flexibility index (Phi) is 5.67. The molecule has 0 N–H and O–H groups in total. The Balaban J connectivity index is 1.53. The van der Waals surface area contributed by atoms with E-state index in [-0.39, 0.29) is 22.5 Å². The van der Waals surface area contributed by atoms with Crippen molar-refractivity contribution < 1.29 is 23.9 Å². The molecule has 7 heteroatoms. The summed E-state index contributed by atoms with van der Waals surface area (Å²) in [5.41, 5.74) is 2.96. The SMILES string of the molecule is Cc1ccc(C)c(C(=O)COC(=O)c2ccc3c(c2)C(=O)N(c2ccccc2S)C3=O)c1. The number of amides is 2. The fourth-order valence-electron chi connectivity index (χ4n) is 3.57. The number of esters is 1. The number of hydrogen-bond donors (Lipinski definition) is 1. The highest BCUT2D eigenvalue weighted by Gasteiger charge is 2.38. The van der Waals surface area contributed by atoms with E-state index in [1.807, 2.05) is 26.0 Å². The average Bonchev–Trinajstić information content (AvgIpc) is 3.03. The fourth-order valence-corrected chi connectivity index (χ4v) is 3.83. The number of fused-ring (bicyclic) bond motifs is 1. The third-order valence-corrected chi connectivity index (χ3v) is 5.65. The van der Waals surface area contributed by atoms with Gasteiger partial charge in [-0.05, 0) is 55.8 Å². The largest absolute Gasteiger partial charge is 0.454 e. The molecule has 1 heterocycles. The van der Waals surface area contributed by atoms with Gasteiger partial charge in [-0.3, -0.25) is 14.4 Å². The van der Waals surface area contributed by atoms with Crippen LogP contribution in [0, 0.1) is 13.8 Å². The van der Waals surface area contributed by atoms with Gasteiger partial charge in [-0.2, -0.15) is 0 Å². The highest BCUT2D eigenvalue weighted by atomic mass is 32.1. The van der Waals surface area contributed by atoms with Crippen molar-refractivity contribution in [1.29, 1.82) is 0 Å². The zero-order valence-electron chi connectivity index (χ0n) is 17.4. The second-order valence-corrected chi connectivity index (χ2v) is 7.99. The van der Waals surface area contributed by atoms with E-state index in [0.29, 0.717) is 16.1 Å². The number of para-hydroxylation sites is 1. The second-order valence-electron chi connectivity index (χ2n) is 7.51. The summed E-state index contributed by atoms with van der Waals surface area (Å²) in [6, 6.07) is 16.4. The number of rotatable bonds is 5. The molecule has 0 atom stereocenters. The molecular weight excluding hydrogens is 426 g/mol. The quantitative estimate of drug-likeness (QED) is 0.272. The van der Waals surface area contributed by atoms with Crippen LogP contribution >= 0.6 is 12.6 Å².